The molecule has 3 unspecified atom stereocenters. The Morgan fingerprint density at radius 3 is 2.59 bits per heavy atom. The zero-order valence-electron chi connectivity index (χ0n) is 10.4. The Labute approximate surface area is 101 Å². The molecule has 0 heterocycles. The molecule has 0 aromatic heterocycles. The van der Waals surface area contributed by atoms with Crippen LogP contribution in [-0.4, -0.2) is 35.7 Å². The van der Waals surface area contributed by atoms with Crippen LogP contribution in [0.15, 0.2) is 12.2 Å². The fourth-order valence-corrected chi connectivity index (χ4v) is 1.71. The quantitative estimate of drug-likeness (QED) is 0.703. The highest BCUT2D eigenvalue weighted by Gasteiger charge is 2.34. The molecule has 0 bridgehead atoms. The summed E-state index contributed by atoms with van der Waals surface area (Å²) in [4.78, 5) is 22.7. The van der Waals surface area contributed by atoms with Crippen LogP contribution in [0.25, 0.3) is 0 Å². The van der Waals surface area contributed by atoms with Gasteiger partial charge in [-0.2, -0.15) is 0 Å². The van der Waals surface area contributed by atoms with Crippen LogP contribution in [0.2, 0.25) is 0 Å². The van der Waals surface area contributed by atoms with Crippen molar-refractivity contribution >= 4 is 11.9 Å². The van der Waals surface area contributed by atoms with Crippen molar-refractivity contribution in [1.82, 2.24) is 5.32 Å². The van der Waals surface area contributed by atoms with Crippen molar-refractivity contribution in [2.24, 2.45) is 5.92 Å². The normalized spacial score (nSPS) is 26.5. The summed E-state index contributed by atoms with van der Waals surface area (Å²) in [6.07, 6.45) is 4.31. The van der Waals surface area contributed by atoms with Gasteiger partial charge in [0.1, 0.15) is 5.60 Å². The third-order valence-electron chi connectivity index (χ3n) is 3.32. The molecule has 0 radical (unpaired) electrons. The third kappa shape index (κ3) is 3.06. The molecule has 1 rings (SSSR count). The summed E-state index contributed by atoms with van der Waals surface area (Å²) in [5.41, 5.74) is -0.852. The first-order valence-corrected chi connectivity index (χ1v) is 5.70. The lowest BCUT2D eigenvalue weighted by molar-refractivity contribution is -0.143. The SMILES string of the molecule is CCC(C)(OC)C(=O)NC1C=CC(C(=O)O)C1. The smallest absolute Gasteiger partial charge is 0.310 e. The molecule has 0 aliphatic heterocycles. The number of carboxylic acids is 1. The van der Waals surface area contributed by atoms with Crippen LogP contribution in [0.5, 0.6) is 0 Å². The second-order valence-corrected chi connectivity index (χ2v) is 4.43. The Hall–Kier alpha value is -1.36. The maximum Gasteiger partial charge on any atom is 0.310 e. The van der Waals surface area contributed by atoms with Gasteiger partial charge < -0.3 is 15.2 Å². The number of carboxylic acid groups (broad SMARTS) is 1. The van der Waals surface area contributed by atoms with Crippen LogP contribution >= 0.6 is 0 Å². The molecular weight excluding hydrogens is 222 g/mol. The summed E-state index contributed by atoms with van der Waals surface area (Å²) < 4.78 is 5.18. The Balaban J connectivity index is 2.55. The van der Waals surface area contributed by atoms with E-state index in [-0.39, 0.29) is 11.9 Å². The topological polar surface area (TPSA) is 75.6 Å². The van der Waals surface area contributed by atoms with Crippen molar-refractivity contribution in [3.63, 3.8) is 0 Å². The standard InChI is InChI=1S/C12H19NO4/c1-4-12(2,17-3)11(16)13-9-6-5-8(7-9)10(14)15/h5-6,8-9H,4,7H2,1-3H3,(H,13,16)(H,14,15). The largest absolute Gasteiger partial charge is 0.481 e. The summed E-state index contributed by atoms with van der Waals surface area (Å²) in [5, 5.41) is 11.6. The molecule has 0 aromatic rings. The molecule has 0 aromatic carbocycles. The first-order chi connectivity index (χ1) is 7.92. The predicted octanol–water partition coefficient (Wildman–Crippen LogP) is 0.947. The summed E-state index contributed by atoms with van der Waals surface area (Å²) in [5.74, 6) is -1.57. The monoisotopic (exact) mass is 241 g/mol. The lowest BCUT2D eigenvalue weighted by Crippen LogP contribution is -2.48. The van der Waals surface area contributed by atoms with Gasteiger partial charge >= 0.3 is 5.97 Å². The van der Waals surface area contributed by atoms with Gasteiger partial charge in [-0.05, 0) is 19.8 Å². The molecule has 0 spiro atoms. The van der Waals surface area contributed by atoms with Crippen LogP contribution in [-0.2, 0) is 14.3 Å². The molecule has 17 heavy (non-hydrogen) atoms. The number of rotatable bonds is 5. The highest BCUT2D eigenvalue weighted by atomic mass is 16.5. The minimum Gasteiger partial charge on any atom is -0.481 e. The molecule has 0 saturated heterocycles. The average molecular weight is 241 g/mol. The summed E-state index contributed by atoms with van der Waals surface area (Å²) in [6.45, 7) is 3.59. The van der Waals surface area contributed by atoms with Crippen molar-refractivity contribution in [2.75, 3.05) is 7.11 Å². The average Bonchev–Trinajstić information content (AvgIpc) is 2.76. The van der Waals surface area contributed by atoms with E-state index in [2.05, 4.69) is 5.32 Å². The fraction of sp³-hybridized carbons (Fsp3) is 0.667. The van der Waals surface area contributed by atoms with Gasteiger partial charge in [0, 0.05) is 13.2 Å². The van der Waals surface area contributed by atoms with E-state index in [4.69, 9.17) is 9.84 Å². The van der Waals surface area contributed by atoms with E-state index < -0.39 is 17.5 Å². The number of hydrogen-bond donors (Lipinski definition) is 2. The van der Waals surface area contributed by atoms with Gasteiger partial charge in [0.2, 0.25) is 0 Å². The predicted molar refractivity (Wildman–Crippen MR) is 62.5 cm³/mol. The van der Waals surface area contributed by atoms with Crippen molar-refractivity contribution in [2.45, 2.75) is 38.3 Å². The highest BCUT2D eigenvalue weighted by molar-refractivity contribution is 5.85. The van der Waals surface area contributed by atoms with Crippen LogP contribution in [0, 0.1) is 5.92 Å². The molecule has 0 fully saturated rings. The molecule has 5 heteroatoms. The zero-order valence-corrected chi connectivity index (χ0v) is 10.4. The maximum absolute atomic E-state index is 11.9. The Kier molecular flexibility index (Phi) is 4.28. The van der Waals surface area contributed by atoms with Gasteiger partial charge in [-0.1, -0.05) is 19.1 Å². The molecule has 0 saturated carbocycles. The van der Waals surface area contributed by atoms with Crippen molar-refractivity contribution in [3.8, 4) is 0 Å². The van der Waals surface area contributed by atoms with E-state index in [1.54, 1.807) is 19.1 Å². The Bertz CT molecular complexity index is 333. The second kappa shape index (κ2) is 5.31. The Morgan fingerprint density at radius 2 is 2.18 bits per heavy atom. The van der Waals surface area contributed by atoms with E-state index in [0.717, 1.165) is 0 Å². The van der Waals surface area contributed by atoms with Crippen LogP contribution in [0.4, 0.5) is 0 Å². The van der Waals surface area contributed by atoms with Crippen molar-refractivity contribution < 1.29 is 19.4 Å². The van der Waals surface area contributed by atoms with Gasteiger partial charge in [0.25, 0.3) is 5.91 Å². The van der Waals surface area contributed by atoms with Gasteiger partial charge in [-0.15, -0.1) is 0 Å². The minimum absolute atomic E-state index is 0.205. The first-order valence-electron chi connectivity index (χ1n) is 5.70. The van der Waals surface area contributed by atoms with Crippen molar-refractivity contribution in [1.29, 1.82) is 0 Å². The second-order valence-electron chi connectivity index (χ2n) is 4.43. The van der Waals surface area contributed by atoms with E-state index in [9.17, 15) is 9.59 Å². The molecule has 1 amide bonds. The highest BCUT2D eigenvalue weighted by Crippen LogP contribution is 2.20. The fourth-order valence-electron chi connectivity index (χ4n) is 1.71. The zero-order chi connectivity index (χ0) is 13.1. The molecule has 1 aliphatic rings. The van der Waals surface area contributed by atoms with E-state index >= 15 is 0 Å². The minimum atomic E-state index is -0.858. The van der Waals surface area contributed by atoms with Crippen molar-refractivity contribution in [3.05, 3.63) is 12.2 Å². The third-order valence-corrected chi connectivity index (χ3v) is 3.32. The van der Waals surface area contributed by atoms with Gasteiger partial charge in [-0.3, -0.25) is 9.59 Å². The van der Waals surface area contributed by atoms with Gasteiger partial charge in [0.05, 0.1) is 5.92 Å². The number of amides is 1. The summed E-state index contributed by atoms with van der Waals surface area (Å²) in [6, 6.07) is -0.218. The number of ether oxygens (including phenoxy) is 1. The van der Waals surface area contributed by atoms with E-state index in [0.29, 0.717) is 12.8 Å². The number of carbonyl (C=O) groups excluding carboxylic acids is 1. The number of carbonyl (C=O) groups is 2. The summed E-state index contributed by atoms with van der Waals surface area (Å²) in [7, 11) is 1.49. The van der Waals surface area contributed by atoms with Crippen LogP contribution < -0.4 is 5.32 Å². The maximum atomic E-state index is 11.9. The number of nitrogens with one attached hydrogen (secondary N) is 1. The number of aliphatic carboxylic acids is 1. The van der Waals surface area contributed by atoms with Crippen LogP contribution in [0.3, 0.4) is 0 Å². The molecule has 5 nitrogen and oxygen atoms in total. The Morgan fingerprint density at radius 1 is 1.53 bits per heavy atom. The number of hydrogen-bond acceptors (Lipinski definition) is 3. The summed E-state index contributed by atoms with van der Waals surface area (Å²) >= 11 is 0. The van der Waals surface area contributed by atoms with Crippen LogP contribution in [0.1, 0.15) is 26.7 Å². The van der Waals surface area contributed by atoms with E-state index in [1.165, 1.54) is 7.11 Å². The molecule has 3 atom stereocenters. The molecular formula is C12H19NO4. The molecule has 2 N–H and O–H groups in total. The lowest BCUT2D eigenvalue weighted by atomic mass is 10.0. The molecule has 1 aliphatic carbocycles. The molecule has 96 valence electrons. The number of methoxy groups -OCH3 is 1. The van der Waals surface area contributed by atoms with Gasteiger partial charge in [0.15, 0.2) is 0 Å². The van der Waals surface area contributed by atoms with E-state index in [1.807, 2.05) is 6.92 Å². The lowest BCUT2D eigenvalue weighted by Gasteiger charge is -2.27. The first kappa shape index (κ1) is 13.7. The van der Waals surface area contributed by atoms with Gasteiger partial charge in [-0.25, -0.2) is 0 Å².